The second-order valence-electron chi connectivity index (χ2n) is 15.5. The van der Waals surface area contributed by atoms with Gasteiger partial charge in [0.05, 0.1) is 16.4 Å². The van der Waals surface area contributed by atoms with Crippen molar-refractivity contribution in [3.05, 3.63) is 83.4 Å². The number of hydrogen-bond donors (Lipinski definition) is 1. The van der Waals surface area contributed by atoms with Crippen molar-refractivity contribution < 1.29 is 29.0 Å². The molecule has 0 bridgehead atoms. The predicted molar refractivity (Wildman–Crippen MR) is 213 cm³/mol. The van der Waals surface area contributed by atoms with E-state index in [-0.39, 0.29) is 17.9 Å². The van der Waals surface area contributed by atoms with Crippen LogP contribution in [0.25, 0.3) is 0 Å². The van der Waals surface area contributed by atoms with Crippen LogP contribution in [0.5, 0.6) is 0 Å². The zero-order valence-electron chi connectivity index (χ0n) is 33.0. The fraction of sp³-hybridized carbons (Fsp3) is 0.614. The van der Waals surface area contributed by atoms with Gasteiger partial charge < -0.3 is 14.6 Å². The van der Waals surface area contributed by atoms with E-state index in [9.17, 15) is 14.7 Å². The van der Waals surface area contributed by atoms with Crippen LogP contribution in [0, 0.1) is 5.92 Å². The summed E-state index contributed by atoms with van der Waals surface area (Å²) in [5.74, 6) is -1.67. The van der Waals surface area contributed by atoms with Crippen molar-refractivity contribution in [1.82, 2.24) is 4.90 Å². The number of allylic oxidation sites excluding steroid dienone is 1. The van der Waals surface area contributed by atoms with E-state index in [0.717, 1.165) is 74.6 Å². The molecular weight excluding hydrogens is 671 g/mol. The van der Waals surface area contributed by atoms with Crippen LogP contribution in [0.2, 0.25) is 0 Å². The maximum atomic E-state index is 15.0. The van der Waals surface area contributed by atoms with Crippen molar-refractivity contribution >= 4 is 28.9 Å². The van der Waals surface area contributed by atoms with Crippen molar-refractivity contribution in [3.8, 4) is 0 Å². The molecule has 2 aromatic carbocycles. The molecule has 0 aromatic heterocycles. The quantitative estimate of drug-likeness (QED) is 0.0731. The Bertz CT molecular complexity index is 1380. The van der Waals surface area contributed by atoms with E-state index in [2.05, 4.69) is 6.92 Å². The molecule has 1 heterocycles. The molecule has 0 unspecified atom stereocenters. The number of imide groups is 1. The average molecular weight is 736 g/mol. The van der Waals surface area contributed by atoms with Gasteiger partial charge in [0.25, 0.3) is 11.1 Å². The number of amides is 2. The summed E-state index contributed by atoms with van der Waals surface area (Å²) in [6, 6.07) is 19.1. The second kappa shape index (κ2) is 21.1. The van der Waals surface area contributed by atoms with Gasteiger partial charge in [-0.1, -0.05) is 146 Å². The summed E-state index contributed by atoms with van der Waals surface area (Å²) in [6.07, 6.45) is 13.6. The fourth-order valence-electron chi connectivity index (χ4n) is 7.19. The zero-order chi connectivity index (χ0) is 38.2. The lowest BCUT2D eigenvalue weighted by molar-refractivity contribution is -0.175. The summed E-state index contributed by atoms with van der Waals surface area (Å²) in [5.41, 5.74) is -1.36. The lowest BCUT2D eigenvalue weighted by Crippen LogP contribution is -2.54. The molecule has 0 aliphatic carbocycles. The third-order valence-corrected chi connectivity index (χ3v) is 11.1. The maximum Gasteiger partial charge on any atom is 0.343 e. The number of thioether (sulfide) groups is 1. The van der Waals surface area contributed by atoms with Crippen LogP contribution in [-0.4, -0.2) is 57.6 Å². The molecule has 1 saturated heterocycles. The van der Waals surface area contributed by atoms with Gasteiger partial charge in [0.1, 0.15) is 5.60 Å². The van der Waals surface area contributed by atoms with E-state index in [1.165, 1.54) is 30.6 Å². The maximum absolute atomic E-state index is 15.0. The summed E-state index contributed by atoms with van der Waals surface area (Å²) in [6.45, 7) is 14.9. The Morgan fingerprint density at radius 1 is 0.827 bits per heavy atom. The van der Waals surface area contributed by atoms with Crippen LogP contribution in [-0.2, 0) is 23.8 Å². The van der Waals surface area contributed by atoms with E-state index < -0.39 is 39.1 Å². The SMILES string of the molecule is CCCCCCCOCCCCCCC/C=C(\C(=O)N1C(=O)SC(c2ccccc2)(c2ccccc2)[C@@H]1C(C)C)[C@@](O)(CCC)C(=O)OC(C)(C)C. The highest BCUT2D eigenvalue weighted by Crippen LogP contribution is 2.56. The van der Waals surface area contributed by atoms with Gasteiger partial charge in [-0.05, 0) is 81.7 Å². The normalized spacial score (nSPS) is 17.4. The Balaban J connectivity index is 1.89. The fourth-order valence-corrected chi connectivity index (χ4v) is 8.76. The first-order valence-corrected chi connectivity index (χ1v) is 20.6. The third-order valence-electron chi connectivity index (χ3n) is 9.65. The zero-order valence-corrected chi connectivity index (χ0v) is 33.8. The van der Waals surface area contributed by atoms with Crippen molar-refractivity contribution in [1.29, 1.82) is 0 Å². The molecule has 3 rings (SSSR count). The van der Waals surface area contributed by atoms with Crippen molar-refractivity contribution in [2.24, 2.45) is 5.92 Å². The van der Waals surface area contributed by atoms with E-state index in [4.69, 9.17) is 9.47 Å². The number of nitrogens with zero attached hydrogens (tertiary/aromatic N) is 1. The van der Waals surface area contributed by atoms with Crippen molar-refractivity contribution in [3.63, 3.8) is 0 Å². The van der Waals surface area contributed by atoms with E-state index in [0.29, 0.717) is 12.8 Å². The molecule has 7 nitrogen and oxygen atoms in total. The summed E-state index contributed by atoms with van der Waals surface area (Å²) in [5, 5.41) is 11.9. The molecule has 1 fully saturated rings. The highest BCUT2D eigenvalue weighted by molar-refractivity contribution is 8.15. The molecule has 2 amide bonds. The number of rotatable bonds is 22. The second-order valence-corrected chi connectivity index (χ2v) is 16.7. The van der Waals surface area contributed by atoms with E-state index in [1.54, 1.807) is 26.8 Å². The van der Waals surface area contributed by atoms with Gasteiger partial charge in [0.15, 0.2) is 5.60 Å². The number of esters is 1. The topological polar surface area (TPSA) is 93.1 Å². The predicted octanol–water partition coefficient (Wildman–Crippen LogP) is 10.8. The van der Waals surface area contributed by atoms with Gasteiger partial charge in [0, 0.05) is 13.2 Å². The first kappa shape index (κ1) is 43.5. The molecule has 288 valence electrons. The van der Waals surface area contributed by atoms with Crippen LogP contribution < -0.4 is 0 Å². The number of aliphatic hydroxyl groups is 1. The Kier molecular flexibility index (Phi) is 17.6. The minimum Gasteiger partial charge on any atom is -0.458 e. The molecule has 8 heteroatoms. The third kappa shape index (κ3) is 11.5. The molecule has 0 radical (unpaired) electrons. The Labute approximate surface area is 318 Å². The minimum absolute atomic E-state index is 0.0118. The van der Waals surface area contributed by atoms with Crippen molar-refractivity contribution in [2.75, 3.05) is 13.2 Å². The minimum atomic E-state index is -2.22. The number of hydrogen-bond acceptors (Lipinski definition) is 7. The Morgan fingerprint density at radius 2 is 1.35 bits per heavy atom. The van der Waals surface area contributed by atoms with Crippen molar-refractivity contribution in [2.45, 2.75) is 154 Å². The first-order chi connectivity index (χ1) is 24.8. The summed E-state index contributed by atoms with van der Waals surface area (Å²) < 4.78 is 10.7. The van der Waals surface area contributed by atoms with Crippen LogP contribution >= 0.6 is 11.8 Å². The highest BCUT2D eigenvalue weighted by atomic mass is 32.2. The summed E-state index contributed by atoms with van der Waals surface area (Å²) >= 11 is 1.13. The van der Waals surface area contributed by atoms with Gasteiger partial charge in [-0.25, -0.2) is 4.79 Å². The van der Waals surface area contributed by atoms with E-state index >= 15 is 4.79 Å². The number of benzene rings is 2. The molecule has 0 spiro atoms. The van der Waals surface area contributed by atoms with Crippen LogP contribution in [0.4, 0.5) is 4.79 Å². The summed E-state index contributed by atoms with van der Waals surface area (Å²) in [7, 11) is 0. The van der Waals surface area contributed by atoms with Gasteiger partial charge in [-0.3, -0.25) is 14.5 Å². The molecule has 1 aliphatic heterocycles. The number of carbonyl (C=O) groups is 3. The van der Waals surface area contributed by atoms with Gasteiger partial charge in [-0.15, -0.1) is 0 Å². The lowest BCUT2D eigenvalue weighted by Gasteiger charge is -2.40. The number of carbonyl (C=O) groups excluding carboxylic acids is 3. The number of ether oxygens (including phenoxy) is 2. The highest BCUT2D eigenvalue weighted by Gasteiger charge is 2.60. The molecule has 1 N–H and O–H groups in total. The largest absolute Gasteiger partial charge is 0.458 e. The van der Waals surface area contributed by atoms with Crippen LogP contribution in [0.3, 0.4) is 0 Å². The number of unbranched alkanes of at least 4 members (excludes halogenated alkanes) is 9. The van der Waals surface area contributed by atoms with Gasteiger partial charge >= 0.3 is 5.97 Å². The van der Waals surface area contributed by atoms with E-state index in [1.807, 2.05) is 81.4 Å². The summed E-state index contributed by atoms with van der Waals surface area (Å²) in [4.78, 5) is 44.5. The Hall–Kier alpha value is -2.94. The smallest absolute Gasteiger partial charge is 0.343 e. The molecule has 52 heavy (non-hydrogen) atoms. The lowest BCUT2D eigenvalue weighted by atomic mass is 9.77. The molecular formula is C44H65NO6S. The standard InChI is InChI=1S/C44H65NO6S/c1-8-10-11-15-24-32-50-33-25-16-13-12-14-23-30-37(43(49,31-9-2)40(47)51-42(5,6)7)39(46)45-38(34(3)4)44(52-41(45)48,35-26-19-17-20-27-35)36-28-21-18-22-29-36/h17-22,26-30,34,38,49H,8-16,23-25,31-33H2,1-7H3/b37-30+/t38-,43-/m0/s1. The first-order valence-electron chi connectivity index (χ1n) is 19.7. The molecule has 2 aromatic rings. The average Bonchev–Trinajstić information content (AvgIpc) is 3.44. The monoisotopic (exact) mass is 735 g/mol. The van der Waals surface area contributed by atoms with Gasteiger partial charge in [-0.2, -0.15) is 0 Å². The van der Waals surface area contributed by atoms with Gasteiger partial charge in [0.2, 0.25) is 0 Å². The molecule has 2 atom stereocenters. The Morgan fingerprint density at radius 3 is 1.85 bits per heavy atom. The molecule has 0 saturated carbocycles. The molecule has 1 aliphatic rings. The van der Waals surface area contributed by atoms with Crippen LogP contribution in [0.1, 0.15) is 143 Å². The van der Waals surface area contributed by atoms with Crippen LogP contribution in [0.15, 0.2) is 72.3 Å².